The van der Waals surface area contributed by atoms with Crippen molar-refractivity contribution in [3.8, 4) is 0 Å². The van der Waals surface area contributed by atoms with Gasteiger partial charge in [-0.1, -0.05) is 35.9 Å². The summed E-state index contributed by atoms with van der Waals surface area (Å²) < 4.78 is 0. The lowest BCUT2D eigenvalue weighted by atomic mass is 9.91. The van der Waals surface area contributed by atoms with Gasteiger partial charge in [-0.15, -0.1) is 0 Å². The van der Waals surface area contributed by atoms with Crippen molar-refractivity contribution >= 4 is 29.2 Å². The van der Waals surface area contributed by atoms with Gasteiger partial charge in [-0.3, -0.25) is 24.6 Å². The number of benzene rings is 2. The van der Waals surface area contributed by atoms with Crippen LogP contribution in [0, 0.1) is 30.9 Å². The van der Waals surface area contributed by atoms with Gasteiger partial charge in [-0.05, 0) is 44.4 Å². The molecule has 30 heavy (non-hydrogen) atoms. The van der Waals surface area contributed by atoms with Crippen LogP contribution in [-0.4, -0.2) is 34.2 Å². The SMILES string of the molecule is Cc1ccc([C@]2(C)NC(=O)N(CC(=O)Nc3c([N+](=O)[O-])ccc(C)c3C)C2=O)cc1. The maximum absolute atomic E-state index is 13.0. The molecule has 4 amide bonds. The predicted molar refractivity (Wildman–Crippen MR) is 110 cm³/mol. The van der Waals surface area contributed by atoms with Gasteiger partial charge in [0.2, 0.25) is 5.91 Å². The Bertz CT molecular complexity index is 1060. The smallest absolute Gasteiger partial charge is 0.319 e. The highest BCUT2D eigenvalue weighted by Crippen LogP contribution is 2.31. The summed E-state index contributed by atoms with van der Waals surface area (Å²) in [5.41, 5.74) is 1.41. The van der Waals surface area contributed by atoms with E-state index in [1.807, 2.05) is 19.1 Å². The molecule has 0 unspecified atom stereocenters. The fourth-order valence-corrected chi connectivity index (χ4v) is 3.36. The molecule has 1 aliphatic rings. The van der Waals surface area contributed by atoms with Gasteiger partial charge >= 0.3 is 6.03 Å². The van der Waals surface area contributed by atoms with Crippen LogP contribution in [0.3, 0.4) is 0 Å². The van der Waals surface area contributed by atoms with Crippen molar-refractivity contribution in [3.63, 3.8) is 0 Å². The second kappa shape index (κ2) is 7.58. The molecule has 0 radical (unpaired) electrons. The van der Waals surface area contributed by atoms with Gasteiger partial charge in [0.1, 0.15) is 17.8 Å². The Balaban J connectivity index is 1.82. The van der Waals surface area contributed by atoms with E-state index in [4.69, 9.17) is 0 Å². The van der Waals surface area contributed by atoms with Crippen LogP contribution < -0.4 is 10.6 Å². The van der Waals surface area contributed by atoms with Gasteiger partial charge in [0.05, 0.1) is 4.92 Å². The maximum atomic E-state index is 13.0. The first kappa shape index (κ1) is 21.0. The molecule has 2 aromatic carbocycles. The Kier molecular flexibility index (Phi) is 5.30. The summed E-state index contributed by atoms with van der Waals surface area (Å²) >= 11 is 0. The molecule has 3 rings (SSSR count). The summed E-state index contributed by atoms with van der Waals surface area (Å²) in [5.74, 6) is -1.27. The number of aryl methyl sites for hydroxylation is 2. The van der Waals surface area contributed by atoms with Crippen molar-refractivity contribution in [3.05, 3.63) is 68.8 Å². The molecular formula is C21H22N4O5. The first-order valence-corrected chi connectivity index (χ1v) is 9.30. The number of nitrogens with zero attached hydrogens (tertiary/aromatic N) is 2. The van der Waals surface area contributed by atoms with Crippen LogP contribution in [0.2, 0.25) is 0 Å². The summed E-state index contributed by atoms with van der Waals surface area (Å²) in [4.78, 5) is 49.5. The van der Waals surface area contributed by atoms with Gasteiger partial charge in [0.25, 0.3) is 11.6 Å². The van der Waals surface area contributed by atoms with Crippen molar-refractivity contribution < 1.29 is 19.3 Å². The number of urea groups is 1. The molecule has 9 heteroatoms. The third kappa shape index (κ3) is 3.61. The molecule has 1 aliphatic heterocycles. The minimum absolute atomic E-state index is 0.0540. The number of carbonyl (C=O) groups excluding carboxylic acids is 3. The lowest BCUT2D eigenvalue weighted by Gasteiger charge is -2.22. The lowest BCUT2D eigenvalue weighted by Crippen LogP contribution is -2.42. The monoisotopic (exact) mass is 410 g/mol. The largest absolute Gasteiger partial charge is 0.325 e. The molecule has 1 heterocycles. The zero-order valence-electron chi connectivity index (χ0n) is 17.1. The average Bonchev–Trinajstić information content (AvgIpc) is 2.89. The maximum Gasteiger partial charge on any atom is 0.325 e. The van der Waals surface area contributed by atoms with E-state index < -0.39 is 34.9 Å². The Labute approximate surface area is 173 Å². The predicted octanol–water partition coefficient (Wildman–Crippen LogP) is 2.93. The first-order valence-electron chi connectivity index (χ1n) is 9.30. The van der Waals surface area contributed by atoms with E-state index in [2.05, 4.69) is 10.6 Å². The van der Waals surface area contributed by atoms with Gasteiger partial charge in [0.15, 0.2) is 0 Å². The van der Waals surface area contributed by atoms with Gasteiger partial charge in [-0.25, -0.2) is 4.79 Å². The highest BCUT2D eigenvalue weighted by Gasteiger charge is 2.49. The second-order valence-electron chi connectivity index (χ2n) is 7.52. The van der Waals surface area contributed by atoms with Gasteiger partial charge < -0.3 is 10.6 Å². The van der Waals surface area contributed by atoms with Crippen LogP contribution in [0.15, 0.2) is 36.4 Å². The van der Waals surface area contributed by atoms with Gasteiger partial charge in [0, 0.05) is 6.07 Å². The number of hydrogen-bond donors (Lipinski definition) is 2. The number of hydrogen-bond acceptors (Lipinski definition) is 5. The molecule has 2 aromatic rings. The number of rotatable bonds is 5. The van der Waals surface area contributed by atoms with Crippen LogP contribution in [0.25, 0.3) is 0 Å². The van der Waals surface area contributed by atoms with Crippen LogP contribution in [0.1, 0.15) is 29.2 Å². The Morgan fingerprint density at radius 2 is 1.77 bits per heavy atom. The molecule has 0 bridgehead atoms. The summed E-state index contributed by atoms with van der Waals surface area (Å²) in [6.45, 7) is 6.34. The molecule has 156 valence electrons. The van der Waals surface area contributed by atoms with Crippen LogP contribution >= 0.6 is 0 Å². The van der Waals surface area contributed by atoms with Crippen molar-refractivity contribution in [2.24, 2.45) is 0 Å². The highest BCUT2D eigenvalue weighted by atomic mass is 16.6. The third-order valence-electron chi connectivity index (χ3n) is 5.38. The van der Waals surface area contributed by atoms with E-state index in [-0.39, 0.29) is 11.4 Å². The number of nitro groups is 1. The molecule has 2 N–H and O–H groups in total. The average molecular weight is 410 g/mol. The van der Waals surface area contributed by atoms with E-state index in [0.717, 1.165) is 16.0 Å². The molecule has 9 nitrogen and oxygen atoms in total. The van der Waals surface area contributed by atoms with E-state index in [0.29, 0.717) is 11.1 Å². The second-order valence-corrected chi connectivity index (χ2v) is 7.52. The first-order chi connectivity index (χ1) is 14.0. The van der Waals surface area contributed by atoms with Crippen molar-refractivity contribution in [2.75, 3.05) is 11.9 Å². The fraction of sp³-hybridized carbons (Fsp3) is 0.286. The highest BCUT2D eigenvalue weighted by molar-refractivity contribution is 6.10. The zero-order valence-corrected chi connectivity index (χ0v) is 17.1. The molecular weight excluding hydrogens is 388 g/mol. The topological polar surface area (TPSA) is 122 Å². The summed E-state index contributed by atoms with van der Waals surface area (Å²) in [6.07, 6.45) is 0. The molecule has 1 fully saturated rings. The van der Waals surface area contributed by atoms with Crippen LogP contribution in [0.5, 0.6) is 0 Å². The van der Waals surface area contributed by atoms with Crippen molar-refractivity contribution in [1.82, 2.24) is 10.2 Å². The van der Waals surface area contributed by atoms with E-state index in [1.54, 1.807) is 39.0 Å². The minimum atomic E-state index is -1.30. The van der Waals surface area contributed by atoms with Crippen LogP contribution in [0.4, 0.5) is 16.2 Å². The lowest BCUT2D eigenvalue weighted by molar-refractivity contribution is -0.384. The van der Waals surface area contributed by atoms with E-state index in [9.17, 15) is 24.5 Å². The quantitative estimate of drug-likeness (QED) is 0.446. The van der Waals surface area contributed by atoms with Crippen molar-refractivity contribution in [2.45, 2.75) is 33.2 Å². The standard InChI is InChI=1S/C21H22N4O5/c1-12-5-8-15(9-6-12)21(4)19(27)24(20(28)23-21)11-17(26)22-18-14(3)13(2)7-10-16(18)25(29)30/h5-10H,11H2,1-4H3,(H,22,26)(H,23,28)/t21-/m0/s1. The molecule has 0 saturated carbocycles. The number of anilines is 1. The number of carbonyl (C=O) groups is 3. The van der Waals surface area contributed by atoms with Gasteiger partial charge in [-0.2, -0.15) is 0 Å². The summed E-state index contributed by atoms with van der Waals surface area (Å²) in [7, 11) is 0. The van der Waals surface area contributed by atoms with Crippen LogP contribution in [-0.2, 0) is 15.1 Å². The molecule has 1 saturated heterocycles. The Hall–Kier alpha value is -3.75. The Morgan fingerprint density at radius 1 is 1.13 bits per heavy atom. The molecule has 0 spiro atoms. The number of amides is 4. The molecule has 0 aromatic heterocycles. The number of imide groups is 1. The number of nitro benzene ring substituents is 1. The fourth-order valence-electron chi connectivity index (χ4n) is 3.36. The van der Waals surface area contributed by atoms with E-state index >= 15 is 0 Å². The zero-order chi connectivity index (χ0) is 22.2. The Morgan fingerprint density at radius 3 is 2.37 bits per heavy atom. The summed E-state index contributed by atoms with van der Waals surface area (Å²) in [5, 5.41) is 16.4. The number of nitrogens with one attached hydrogen (secondary N) is 2. The van der Waals surface area contributed by atoms with E-state index in [1.165, 1.54) is 6.07 Å². The summed E-state index contributed by atoms with van der Waals surface area (Å²) in [6, 6.07) is 9.35. The molecule has 0 aliphatic carbocycles. The molecule has 1 atom stereocenters. The van der Waals surface area contributed by atoms with Crippen molar-refractivity contribution in [1.29, 1.82) is 0 Å². The normalized spacial score (nSPS) is 18.3. The third-order valence-corrected chi connectivity index (χ3v) is 5.38. The minimum Gasteiger partial charge on any atom is -0.319 e.